The van der Waals surface area contributed by atoms with Crippen molar-refractivity contribution in [1.29, 1.82) is 0 Å². The zero-order valence-corrected chi connectivity index (χ0v) is 11.9. The largest absolute Gasteiger partial charge is 0.424 e. The molecule has 0 unspecified atom stereocenters. The molecule has 0 aliphatic carbocycles. The van der Waals surface area contributed by atoms with E-state index in [0.29, 0.717) is 11.2 Å². The van der Waals surface area contributed by atoms with Gasteiger partial charge in [-0.15, -0.1) is 0 Å². The van der Waals surface area contributed by atoms with Gasteiger partial charge in [0.25, 0.3) is 0 Å². The van der Waals surface area contributed by atoms with Crippen molar-refractivity contribution in [3.63, 3.8) is 0 Å². The molecule has 0 saturated heterocycles. The highest BCUT2D eigenvalue weighted by Gasteiger charge is 2.14. The summed E-state index contributed by atoms with van der Waals surface area (Å²) in [6, 6.07) is 8.32. The van der Waals surface area contributed by atoms with Crippen LogP contribution in [0.5, 0.6) is 11.8 Å². The van der Waals surface area contributed by atoms with E-state index in [9.17, 15) is 0 Å². The molecular formula is C12H12BrClN2O. The van der Waals surface area contributed by atoms with Crippen molar-refractivity contribution in [1.82, 2.24) is 9.55 Å². The van der Waals surface area contributed by atoms with E-state index in [2.05, 4.69) is 20.9 Å². The first-order valence-corrected chi connectivity index (χ1v) is 6.42. The van der Waals surface area contributed by atoms with Crippen LogP contribution in [0.25, 0.3) is 0 Å². The van der Waals surface area contributed by atoms with Crippen LogP contribution < -0.4 is 4.74 Å². The van der Waals surface area contributed by atoms with Gasteiger partial charge >= 0.3 is 6.01 Å². The van der Waals surface area contributed by atoms with Gasteiger partial charge in [-0.25, -0.2) is 4.98 Å². The number of para-hydroxylation sites is 1. The molecule has 1 heterocycles. The van der Waals surface area contributed by atoms with Crippen molar-refractivity contribution < 1.29 is 4.74 Å². The molecule has 1 aromatic heterocycles. The molecule has 0 aliphatic rings. The maximum Gasteiger partial charge on any atom is 0.303 e. The van der Waals surface area contributed by atoms with Gasteiger partial charge in [-0.1, -0.05) is 23.7 Å². The first kappa shape index (κ1) is 12.5. The maximum absolute atomic E-state index is 6.05. The summed E-state index contributed by atoms with van der Waals surface area (Å²) in [7, 11) is 0. The van der Waals surface area contributed by atoms with Gasteiger partial charge in [0, 0.05) is 6.04 Å². The molecule has 90 valence electrons. The Kier molecular flexibility index (Phi) is 3.74. The topological polar surface area (TPSA) is 27.1 Å². The van der Waals surface area contributed by atoms with E-state index in [4.69, 9.17) is 16.3 Å². The van der Waals surface area contributed by atoms with Crippen LogP contribution in [0.1, 0.15) is 19.9 Å². The molecule has 2 rings (SSSR count). The molecule has 0 N–H and O–H groups in total. The second-order valence-electron chi connectivity index (χ2n) is 3.86. The lowest BCUT2D eigenvalue weighted by Gasteiger charge is -2.13. The normalized spacial score (nSPS) is 10.9. The van der Waals surface area contributed by atoms with E-state index in [0.717, 1.165) is 10.2 Å². The molecule has 3 nitrogen and oxygen atoms in total. The van der Waals surface area contributed by atoms with Crippen molar-refractivity contribution in [2.75, 3.05) is 0 Å². The van der Waals surface area contributed by atoms with Gasteiger partial charge in [0.05, 0.1) is 10.7 Å². The van der Waals surface area contributed by atoms with Gasteiger partial charge in [-0.2, -0.15) is 0 Å². The van der Waals surface area contributed by atoms with Crippen LogP contribution in [0, 0.1) is 0 Å². The number of halogens is 2. The fraction of sp³-hybridized carbons (Fsp3) is 0.250. The van der Waals surface area contributed by atoms with Crippen molar-refractivity contribution in [2.24, 2.45) is 0 Å². The van der Waals surface area contributed by atoms with Crippen molar-refractivity contribution >= 4 is 27.5 Å². The first-order valence-electron chi connectivity index (χ1n) is 5.24. The predicted molar refractivity (Wildman–Crippen MR) is 71.8 cm³/mol. The Morgan fingerprint density at radius 1 is 1.35 bits per heavy atom. The van der Waals surface area contributed by atoms with Crippen molar-refractivity contribution in [3.05, 3.63) is 40.1 Å². The van der Waals surface area contributed by atoms with Gasteiger partial charge in [0.15, 0.2) is 0 Å². The van der Waals surface area contributed by atoms with Crippen LogP contribution in [-0.4, -0.2) is 9.55 Å². The maximum atomic E-state index is 6.05. The number of benzene rings is 1. The highest BCUT2D eigenvalue weighted by Crippen LogP contribution is 2.31. The molecule has 0 fully saturated rings. The van der Waals surface area contributed by atoms with E-state index >= 15 is 0 Å². The number of aromatic nitrogens is 2. The van der Waals surface area contributed by atoms with Crippen LogP contribution in [0.15, 0.2) is 34.9 Å². The molecule has 5 heteroatoms. The summed E-state index contributed by atoms with van der Waals surface area (Å²) in [5.41, 5.74) is 0. The Morgan fingerprint density at radius 3 is 2.71 bits per heavy atom. The molecular weight excluding hydrogens is 304 g/mol. The van der Waals surface area contributed by atoms with Crippen LogP contribution >= 0.6 is 27.5 Å². The fourth-order valence-electron chi connectivity index (χ4n) is 1.49. The quantitative estimate of drug-likeness (QED) is 0.823. The van der Waals surface area contributed by atoms with Gasteiger partial charge in [0.1, 0.15) is 10.9 Å². The van der Waals surface area contributed by atoms with Crippen molar-refractivity contribution in [2.45, 2.75) is 19.9 Å². The second-order valence-corrected chi connectivity index (χ2v) is 5.10. The molecule has 1 aromatic carbocycles. The predicted octanol–water partition coefficient (Wildman–Crippen LogP) is 4.67. The minimum Gasteiger partial charge on any atom is -0.424 e. The number of rotatable bonds is 3. The Hall–Kier alpha value is -1.000. The number of imidazole rings is 1. The highest BCUT2D eigenvalue weighted by molar-refractivity contribution is 9.10. The summed E-state index contributed by atoms with van der Waals surface area (Å²) in [6.45, 7) is 4.06. The average Bonchev–Trinajstić information content (AvgIpc) is 2.63. The average molecular weight is 316 g/mol. The third-order valence-corrected chi connectivity index (χ3v) is 3.21. The SMILES string of the molecule is CC(C)n1c(Cl)cnc1Oc1ccccc1Br. The van der Waals surface area contributed by atoms with E-state index in [1.807, 2.05) is 42.7 Å². The standard InChI is InChI=1S/C12H12BrClN2O/c1-8(2)16-11(14)7-15-12(16)17-10-6-4-3-5-9(10)13/h3-8H,1-2H3. The van der Waals surface area contributed by atoms with Gasteiger partial charge in [0.2, 0.25) is 0 Å². The summed E-state index contributed by atoms with van der Waals surface area (Å²) in [5, 5.41) is 0.571. The minimum absolute atomic E-state index is 0.197. The second kappa shape index (κ2) is 5.10. The zero-order chi connectivity index (χ0) is 12.4. The van der Waals surface area contributed by atoms with E-state index in [1.54, 1.807) is 6.20 Å². The summed E-state index contributed by atoms with van der Waals surface area (Å²) < 4.78 is 8.46. The number of nitrogens with zero attached hydrogens (tertiary/aromatic N) is 2. The molecule has 0 saturated carbocycles. The summed E-state index contributed by atoms with van der Waals surface area (Å²) in [6.07, 6.45) is 1.59. The third kappa shape index (κ3) is 2.64. The van der Waals surface area contributed by atoms with Crippen molar-refractivity contribution in [3.8, 4) is 11.8 Å². The molecule has 2 aromatic rings. The Labute approximate surface area is 114 Å². The van der Waals surface area contributed by atoms with Gasteiger partial charge in [-0.3, -0.25) is 4.57 Å². The van der Waals surface area contributed by atoms with E-state index in [1.165, 1.54) is 0 Å². The Morgan fingerprint density at radius 2 is 2.06 bits per heavy atom. The zero-order valence-electron chi connectivity index (χ0n) is 9.52. The molecule has 0 radical (unpaired) electrons. The molecule has 0 atom stereocenters. The minimum atomic E-state index is 0.197. The van der Waals surface area contributed by atoms with Gasteiger partial charge in [-0.05, 0) is 41.9 Å². The number of hydrogen-bond donors (Lipinski definition) is 0. The number of ether oxygens (including phenoxy) is 1. The lowest BCUT2D eigenvalue weighted by atomic mass is 10.3. The monoisotopic (exact) mass is 314 g/mol. The third-order valence-electron chi connectivity index (χ3n) is 2.27. The Bertz CT molecular complexity index is 525. The van der Waals surface area contributed by atoms with Crippen LogP contribution in [-0.2, 0) is 0 Å². The smallest absolute Gasteiger partial charge is 0.303 e. The lowest BCUT2D eigenvalue weighted by Crippen LogP contribution is -2.03. The summed E-state index contributed by atoms with van der Waals surface area (Å²) in [4.78, 5) is 4.16. The summed E-state index contributed by atoms with van der Waals surface area (Å²) in [5.74, 6) is 0.719. The highest BCUT2D eigenvalue weighted by atomic mass is 79.9. The molecule has 0 spiro atoms. The number of hydrogen-bond acceptors (Lipinski definition) is 2. The van der Waals surface area contributed by atoms with Crippen LogP contribution in [0.4, 0.5) is 0 Å². The fourth-order valence-corrected chi connectivity index (χ4v) is 2.18. The molecule has 17 heavy (non-hydrogen) atoms. The molecule has 0 aliphatic heterocycles. The molecule has 0 bridgehead atoms. The molecule has 0 amide bonds. The van der Waals surface area contributed by atoms with Gasteiger partial charge < -0.3 is 4.74 Å². The van der Waals surface area contributed by atoms with E-state index in [-0.39, 0.29) is 6.04 Å². The van der Waals surface area contributed by atoms with Crippen LogP contribution in [0.3, 0.4) is 0 Å². The van der Waals surface area contributed by atoms with Crippen LogP contribution in [0.2, 0.25) is 5.15 Å². The first-order chi connectivity index (χ1) is 8.09. The Balaban J connectivity index is 2.34. The summed E-state index contributed by atoms with van der Waals surface area (Å²) >= 11 is 9.48. The lowest BCUT2D eigenvalue weighted by molar-refractivity contribution is 0.394. The van der Waals surface area contributed by atoms with E-state index < -0.39 is 0 Å².